The van der Waals surface area contributed by atoms with Crippen molar-refractivity contribution in [3.8, 4) is 0 Å². The van der Waals surface area contributed by atoms with Gasteiger partial charge < -0.3 is 5.11 Å². The van der Waals surface area contributed by atoms with Gasteiger partial charge in [-0.25, -0.2) is 9.78 Å². The molecule has 5 heteroatoms. The average molecular weight is 240 g/mol. The van der Waals surface area contributed by atoms with Crippen LogP contribution in [0.5, 0.6) is 0 Å². The van der Waals surface area contributed by atoms with Gasteiger partial charge in [-0.1, -0.05) is 13.8 Å². The Morgan fingerprint density at radius 1 is 1.69 bits per heavy atom. The number of carbonyl (C=O) groups is 1. The van der Waals surface area contributed by atoms with Gasteiger partial charge in [0.1, 0.15) is 0 Å². The van der Waals surface area contributed by atoms with Crippen LogP contribution in [0.3, 0.4) is 0 Å². The highest BCUT2D eigenvalue weighted by Gasteiger charge is 2.29. The van der Waals surface area contributed by atoms with Crippen LogP contribution in [-0.2, 0) is 6.54 Å². The molecule has 0 spiro atoms. The number of thiazole rings is 1. The number of nitrogens with zero attached hydrogens (tertiary/aromatic N) is 2. The molecule has 1 fully saturated rings. The summed E-state index contributed by atoms with van der Waals surface area (Å²) in [6, 6.07) is 0. The third-order valence-electron chi connectivity index (χ3n) is 2.88. The lowest BCUT2D eigenvalue weighted by molar-refractivity contribution is 0.0696. The fourth-order valence-corrected chi connectivity index (χ4v) is 2.71. The minimum atomic E-state index is -0.932. The molecule has 1 aliphatic rings. The second-order valence-electron chi connectivity index (χ2n) is 5.07. The van der Waals surface area contributed by atoms with Crippen molar-refractivity contribution in [1.82, 2.24) is 9.88 Å². The molecule has 2 heterocycles. The number of rotatable bonds is 3. The molecule has 4 nitrogen and oxygen atoms in total. The van der Waals surface area contributed by atoms with E-state index in [0.29, 0.717) is 5.41 Å². The molecule has 0 aliphatic carbocycles. The highest BCUT2D eigenvalue weighted by molar-refractivity contribution is 7.11. The van der Waals surface area contributed by atoms with Crippen molar-refractivity contribution in [3.63, 3.8) is 0 Å². The lowest BCUT2D eigenvalue weighted by Crippen LogP contribution is -2.23. The number of hydrogen-bond acceptors (Lipinski definition) is 4. The molecule has 1 aliphatic heterocycles. The summed E-state index contributed by atoms with van der Waals surface area (Å²) in [6.07, 6.45) is 1.20. The van der Waals surface area contributed by atoms with Gasteiger partial charge >= 0.3 is 5.97 Å². The van der Waals surface area contributed by atoms with Crippen molar-refractivity contribution >= 4 is 17.3 Å². The van der Waals surface area contributed by atoms with E-state index in [1.807, 2.05) is 5.38 Å². The third-order valence-corrected chi connectivity index (χ3v) is 3.76. The molecule has 0 amide bonds. The monoisotopic (exact) mass is 240 g/mol. The van der Waals surface area contributed by atoms with Crippen LogP contribution in [0.4, 0.5) is 0 Å². The molecule has 1 aromatic heterocycles. The summed E-state index contributed by atoms with van der Waals surface area (Å²) in [4.78, 5) is 17.1. The molecule has 1 saturated heterocycles. The second kappa shape index (κ2) is 4.14. The Hall–Kier alpha value is -0.940. The van der Waals surface area contributed by atoms with Gasteiger partial charge in [-0.3, -0.25) is 4.90 Å². The molecular weight excluding hydrogens is 224 g/mol. The summed E-state index contributed by atoms with van der Waals surface area (Å²) in [7, 11) is 0. The van der Waals surface area contributed by atoms with Gasteiger partial charge in [0, 0.05) is 18.5 Å². The van der Waals surface area contributed by atoms with Crippen LogP contribution in [0.25, 0.3) is 0 Å². The number of carboxylic acid groups (broad SMARTS) is 1. The SMILES string of the molecule is CC1(C)CCN(Cc2csc(C(=O)O)n2)C1. The van der Waals surface area contributed by atoms with E-state index >= 15 is 0 Å². The van der Waals surface area contributed by atoms with Crippen molar-refractivity contribution in [2.45, 2.75) is 26.8 Å². The molecule has 1 N–H and O–H groups in total. The van der Waals surface area contributed by atoms with E-state index in [0.717, 1.165) is 25.3 Å². The summed E-state index contributed by atoms with van der Waals surface area (Å²) in [5.74, 6) is -0.932. The van der Waals surface area contributed by atoms with Gasteiger partial charge in [-0.05, 0) is 18.4 Å². The van der Waals surface area contributed by atoms with Crippen molar-refractivity contribution in [2.75, 3.05) is 13.1 Å². The molecule has 0 radical (unpaired) electrons. The number of carboxylic acids is 1. The number of hydrogen-bond donors (Lipinski definition) is 1. The summed E-state index contributed by atoms with van der Waals surface area (Å²) >= 11 is 1.20. The molecule has 88 valence electrons. The van der Waals surface area contributed by atoms with Crippen LogP contribution < -0.4 is 0 Å². The lowest BCUT2D eigenvalue weighted by atomic mass is 9.93. The van der Waals surface area contributed by atoms with Gasteiger partial charge in [0.15, 0.2) is 0 Å². The van der Waals surface area contributed by atoms with Crippen LogP contribution in [0.15, 0.2) is 5.38 Å². The molecule has 0 atom stereocenters. The highest BCUT2D eigenvalue weighted by atomic mass is 32.1. The first-order chi connectivity index (χ1) is 7.46. The van der Waals surface area contributed by atoms with Crippen molar-refractivity contribution in [2.24, 2.45) is 5.41 Å². The molecular formula is C11H16N2O2S. The standard InChI is InChI=1S/C11H16N2O2S/c1-11(2)3-4-13(7-11)5-8-6-16-9(12-8)10(14)15/h6H,3-5,7H2,1-2H3,(H,14,15). The summed E-state index contributed by atoms with van der Waals surface area (Å²) in [6.45, 7) is 7.43. The third kappa shape index (κ3) is 2.59. The fourth-order valence-electron chi connectivity index (χ4n) is 2.07. The average Bonchev–Trinajstić information content (AvgIpc) is 2.73. The van der Waals surface area contributed by atoms with Crippen LogP contribution >= 0.6 is 11.3 Å². The Kier molecular flexibility index (Phi) is 2.99. The van der Waals surface area contributed by atoms with Crippen molar-refractivity contribution < 1.29 is 9.90 Å². The Bertz CT molecular complexity index is 400. The van der Waals surface area contributed by atoms with Gasteiger partial charge in [0.05, 0.1) is 5.69 Å². The minimum absolute atomic E-state index is 0.188. The maximum Gasteiger partial charge on any atom is 0.365 e. The summed E-state index contributed by atoms with van der Waals surface area (Å²) in [5.41, 5.74) is 1.26. The summed E-state index contributed by atoms with van der Waals surface area (Å²) < 4.78 is 0. The van der Waals surface area contributed by atoms with E-state index in [4.69, 9.17) is 5.11 Å². The number of aromatic carboxylic acids is 1. The zero-order valence-electron chi connectivity index (χ0n) is 9.56. The molecule has 2 rings (SSSR count). The number of likely N-dealkylation sites (tertiary alicyclic amines) is 1. The zero-order valence-corrected chi connectivity index (χ0v) is 10.4. The largest absolute Gasteiger partial charge is 0.476 e. The van der Waals surface area contributed by atoms with Crippen LogP contribution in [-0.4, -0.2) is 34.0 Å². The smallest absolute Gasteiger partial charge is 0.365 e. The van der Waals surface area contributed by atoms with E-state index in [1.54, 1.807) is 0 Å². The Morgan fingerprint density at radius 3 is 2.94 bits per heavy atom. The van der Waals surface area contributed by atoms with Crippen molar-refractivity contribution in [3.05, 3.63) is 16.1 Å². The quantitative estimate of drug-likeness (QED) is 0.878. The Labute approximate surface area is 98.9 Å². The second-order valence-corrected chi connectivity index (χ2v) is 5.93. The van der Waals surface area contributed by atoms with E-state index in [-0.39, 0.29) is 5.01 Å². The van der Waals surface area contributed by atoms with E-state index < -0.39 is 5.97 Å². The molecule has 0 unspecified atom stereocenters. The van der Waals surface area contributed by atoms with Gasteiger partial charge in [-0.2, -0.15) is 0 Å². The van der Waals surface area contributed by atoms with Gasteiger partial charge in [0.25, 0.3) is 0 Å². The van der Waals surface area contributed by atoms with E-state index in [1.165, 1.54) is 17.8 Å². The number of aromatic nitrogens is 1. The first-order valence-corrected chi connectivity index (χ1v) is 6.24. The van der Waals surface area contributed by atoms with Crippen molar-refractivity contribution in [1.29, 1.82) is 0 Å². The lowest BCUT2D eigenvalue weighted by Gasteiger charge is -2.18. The van der Waals surface area contributed by atoms with Crippen LogP contribution in [0, 0.1) is 5.41 Å². The van der Waals surface area contributed by atoms with E-state index in [2.05, 4.69) is 23.7 Å². The molecule has 1 aromatic rings. The predicted molar refractivity (Wildman–Crippen MR) is 62.7 cm³/mol. The molecule has 0 saturated carbocycles. The zero-order chi connectivity index (χ0) is 11.8. The molecule has 0 bridgehead atoms. The van der Waals surface area contributed by atoms with Gasteiger partial charge in [0.2, 0.25) is 5.01 Å². The van der Waals surface area contributed by atoms with Crippen LogP contribution in [0.1, 0.15) is 35.8 Å². The Balaban J connectivity index is 1.97. The van der Waals surface area contributed by atoms with Gasteiger partial charge in [-0.15, -0.1) is 11.3 Å². The predicted octanol–water partition coefficient (Wildman–Crippen LogP) is 2.07. The maximum atomic E-state index is 10.7. The van der Waals surface area contributed by atoms with Crippen LogP contribution in [0.2, 0.25) is 0 Å². The first-order valence-electron chi connectivity index (χ1n) is 5.36. The highest BCUT2D eigenvalue weighted by Crippen LogP contribution is 2.29. The molecule has 0 aromatic carbocycles. The topological polar surface area (TPSA) is 53.4 Å². The molecule has 16 heavy (non-hydrogen) atoms. The maximum absolute atomic E-state index is 10.7. The summed E-state index contributed by atoms with van der Waals surface area (Å²) in [5, 5.41) is 10.8. The minimum Gasteiger partial charge on any atom is -0.476 e. The first kappa shape index (κ1) is 11.5. The fraction of sp³-hybridized carbons (Fsp3) is 0.636. The normalized spacial score (nSPS) is 20.1. The van der Waals surface area contributed by atoms with E-state index in [9.17, 15) is 4.79 Å². The Morgan fingerprint density at radius 2 is 2.44 bits per heavy atom.